The van der Waals surface area contributed by atoms with E-state index in [1.165, 1.54) is 12.2 Å². The molecule has 0 fully saturated rings. The van der Waals surface area contributed by atoms with Crippen LogP contribution in [0.25, 0.3) is 6.08 Å². The van der Waals surface area contributed by atoms with Crippen molar-refractivity contribution in [2.75, 3.05) is 0 Å². The Morgan fingerprint density at radius 1 is 1.33 bits per heavy atom. The van der Waals surface area contributed by atoms with Crippen molar-refractivity contribution in [2.24, 2.45) is 0 Å². The van der Waals surface area contributed by atoms with Crippen LogP contribution in [0.5, 0.6) is 0 Å². The summed E-state index contributed by atoms with van der Waals surface area (Å²) in [6, 6.07) is 3.50. The molecule has 1 aromatic carbocycles. The summed E-state index contributed by atoms with van der Waals surface area (Å²) in [6.45, 7) is 0. The summed E-state index contributed by atoms with van der Waals surface area (Å²) < 4.78 is 25.5. The predicted octanol–water partition coefficient (Wildman–Crippen LogP) is 2.44. The zero-order valence-electron chi connectivity index (χ0n) is 7.71. The van der Waals surface area contributed by atoms with Gasteiger partial charge in [-0.05, 0) is 17.7 Å². The number of halogens is 2. The Morgan fingerprint density at radius 3 is 2.60 bits per heavy atom. The van der Waals surface area contributed by atoms with Crippen molar-refractivity contribution < 1.29 is 13.6 Å². The molecule has 0 bridgehead atoms. The monoisotopic (exact) mass is 207 g/mol. The Hall–Kier alpha value is -2.02. The lowest BCUT2D eigenvalue weighted by Gasteiger charge is -1.99. The number of hydrogen-bond donors (Lipinski definition) is 0. The summed E-state index contributed by atoms with van der Waals surface area (Å²) in [7, 11) is 0. The van der Waals surface area contributed by atoms with E-state index in [0.29, 0.717) is 6.29 Å². The van der Waals surface area contributed by atoms with Crippen LogP contribution in [0.1, 0.15) is 17.5 Å². The van der Waals surface area contributed by atoms with Crippen molar-refractivity contribution in [2.45, 2.75) is 6.42 Å². The van der Waals surface area contributed by atoms with Gasteiger partial charge < -0.3 is 4.79 Å². The molecule has 0 N–H and O–H groups in total. The Labute approximate surface area is 85.5 Å². The van der Waals surface area contributed by atoms with Crippen LogP contribution in [0, 0.1) is 23.0 Å². The first kappa shape index (κ1) is 11.1. The molecule has 0 saturated heterocycles. The lowest BCUT2D eigenvalue weighted by molar-refractivity contribution is -0.107. The summed E-state index contributed by atoms with van der Waals surface area (Å²) in [6.07, 6.45) is 3.72. The van der Waals surface area contributed by atoms with Crippen LogP contribution in [0.3, 0.4) is 0 Å². The molecule has 0 spiro atoms. The van der Waals surface area contributed by atoms with E-state index in [1.807, 2.05) is 0 Å². The van der Waals surface area contributed by atoms with E-state index < -0.39 is 11.6 Å². The van der Waals surface area contributed by atoms with Crippen LogP contribution in [0.2, 0.25) is 0 Å². The molecule has 0 atom stereocenters. The third-order valence-electron chi connectivity index (χ3n) is 1.74. The third kappa shape index (κ3) is 2.71. The number of nitriles is 1. The van der Waals surface area contributed by atoms with Crippen LogP contribution in [0.4, 0.5) is 8.78 Å². The molecule has 0 radical (unpaired) electrons. The standard InChI is InChI=1S/C11H7F2NO/c12-10-5-8(3-1-2-4-15)9(7-14)6-11(10)13/h1,3-6H,2H2. The first-order valence-electron chi connectivity index (χ1n) is 4.18. The van der Waals surface area contributed by atoms with Gasteiger partial charge in [0.2, 0.25) is 0 Å². The normalized spacial score (nSPS) is 10.2. The minimum absolute atomic E-state index is 0.0380. The Bertz CT molecular complexity index is 447. The minimum Gasteiger partial charge on any atom is -0.303 e. The number of aldehydes is 1. The molecule has 0 amide bonds. The Balaban J connectivity index is 3.11. The molecule has 0 aliphatic rings. The van der Waals surface area contributed by atoms with Gasteiger partial charge in [0.05, 0.1) is 11.6 Å². The maximum atomic E-state index is 12.8. The van der Waals surface area contributed by atoms with Gasteiger partial charge in [0.15, 0.2) is 11.6 Å². The second-order valence-electron chi connectivity index (χ2n) is 2.77. The van der Waals surface area contributed by atoms with Crippen molar-refractivity contribution in [3.05, 3.63) is 41.0 Å². The molecule has 0 heterocycles. The Kier molecular flexibility index (Phi) is 3.69. The number of rotatable bonds is 3. The van der Waals surface area contributed by atoms with E-state index in [9.17, 15) is 13.6 Å². The summed E-state index contributed by atoms with van der Waals surface area (Å²) in [4.78, 5) is 10.0. The molecule has 0 saturated carbocycles. The van der Waals surface area contributed by atoms with Gasteiger partial charge in [-0.2, -0.15) is 5.26 Å². The average Bonchev–Trinajstić information content (AvgIpc) is 2.23. The van der Waals surface area contributed by atoms with Gasteiger partial charge in [-0.25, -0.2) is 8.78 Å². The fourth-order valence-electron chi connectivity index (χ4n) is 1.05. The number of carbonyl (C=O) groups excluding carboxylic acids is 1. The molecule has 76 valence electrons. The molecule has 15 heavy (non-hydrogen) atoms. The zero-order valence-corrected chi connectivity index (χ0v) is 7.71. The highest BCUT2D eigenvalue weighted by atomic mass is 19.2. The summed E-state index contributed by atoms with van der Waals surface area (Å²) in [5.74, 6) is -2.07. The molecule has 4 heteroatoms. The number of hydrogen-bond acceptors (Lipinski definition) is 2. The largest absolute Gasteiger partial charge is 0.303 e. The molecule has 0 unspecified atom stereocenters. The van der Waals surface area contributed by atoms with Crippen molar-refractivity contribution in [1.29, 1.82) is 5.26 Å². The van der Waals surface area contributed by atoms with E-state index in [-0.39, 0.29) is 17.5 Å². The van der Waals surface area contributed by atoms with Crippen molar-refractivity contribution >= 4 is 12.4 Å². The van der Waals surface area contributed by atoms with Gasteiger partial charge in [-0.1, -0.05) is 12.2 Å². The van der Waals surface area contributed by atoms with E-state index in [4.69, 9.17) is 5.26 Å². The third-order valence-corrected chi connectivity index (χ3v) is 1.74. The minimum atomic E-state index is -1.06. The van der Waals surface area contributed by atoms with Crippen molar-refractivity contribution in [1.82, 2.24) is 0 Å². The quantitative estimate of drug-likeness (QED) is 0.714. The average molecular weight is 207 g/mol. The van der Waals surface area contributed by atoms with E-state index in [0.717, 1.165) is 12.1 Å². The van der Waals surface area contributed by atoms with Crippen LogP contribution < -0.4 is 0 Å². The first-order chi connectivity index (χ1) is 7.19. The summed E-state index contributed by atoms with van der Waals surface area (Å²) in [5, 5.41) is 8.65. The second kappa shape index (κ2) is 5.01. The van der Waals surface area contributed by atoms with Gasteiger partial charge in [-0.3, -0.25) is 0 Å². The summed E-state index contributed by atoms with van der Waals surface area (Å²) >= 11 is 0. The highest BCUT2D eigenvalue weighted by Gasteiger charge is 2.06. The van der Waals surface area contributed by atoms with E-state index in [2.05, 4.69) is 0 Å². The number of benzene rings is 1. The smallest absolute Gasteiger partial charge is 0.160 e. The van der Waals surface area contributed by atoms with Gasteiger partial charge in [0.1, 0.15) is 6.29 Å². The highest BCUT2D eigenvalue weighted by Crippen LogP contribution is 2.15. The number of allylic oxidation sites excluding steroid dienone is 1. The van der Waals surface area contributed by atoms with Crippen LogP contribution in [-0.2, 0) is 4.79 Å². The zero-order chi connectivity index (χ0) is 11.3. The molecule has 1 aromatic rings. The SMILES string of the molecule is N#Cc1cc(F)c(F)cc1C=CCC=O. The van der Waals surface area contributed by atoms with Gasteiger partial charge in [0, 0.05) is 6.42 Å². The maximum Gasteiger partial charge on any atom is 0.160 e. The molecular formula is C11H7F2NO. The van der Waals surface area contributed by atoms with Gasteiger partial charge >= 0.3 is 0 Å². The molecule has 0 aliphatic carbocycles. The fraction of sp³-hybridized carbons (Fsp3) is 0.0909. The maximum absolute atomic E-state index is 12.8. The van der Waals surface area contributed by atoms with Gasteiger partial charge in [0.25, 0.3) is 0 Å². The van der Waals surface area contributed by atoms with Crippen LogP contribution in [0.15, 0.2) is 18.2 Å². The Morgan fingerprint density at radius 2 is 2.00 bits per heavy atom. The van der Waals surface area contributed by atoms with Crippen molar-refractivity contribution in [3.8, 4) is 6.07 Å². The van der Waals surface area contributed by atoms with Crippen LogP contribution >= 0.6 is 0 Å². The molecule has 0 aromatic heterocycles. The van der Waals surface area contributed by atoms with Crippen molar-refractivity contribution in [3.63, 3.8) is 0 Å². The molecule has 0 aliphatic heterocycles. The predicted molar refractivity (Wildman–Crippen MR) is 50.8 cm³/mol. The second-order valence-corrected chi connectivity index (χ2v) is 2.77. The fourth-order valence-corrected chi connectivity index (χ4v) is 1.05. The van der Waals surface area contributed by atoms with E-state index >= 15 is 0 Å². The molecule has 1 rings (SSSR count). The lowest BCUT2D eigenvalue weighted by atomic mass is 10.1. The first-order valence-corrected chi connectivity index (χ1v) is 4.18. The molecular weight excluding hydrogens is 200 g/mol. The highest BCUT2D eigenvalue weighted by molar-refractivity contribution is 5.61. The van der Waals surface area contributed by atoms with E-state index in [1.54, 1.807) is 6.07 Å². The topological polar surface area (TPSA) is 40.9 Å². The van der Waals surface area contributed by atoms with Gasteiger partial charge in [-0.15, -0.1) is 0 Å². The summed E-state index contributed by atoms with van der Waals surface area (Å²) in [5.41, 5.74) is 0.300. The number of nitrogens with zero attached hydrogens (tertiary/aromatic N) is 1. The van der Waals surface area contributed by atoms with Crippen LogP contribution in [-0.4, -0.2) is 6.29 Å². The lowest BCUT2D eigenvalue weighted by Crippen LogP contribution is -1.90. The molecule has 2 nitrogen and oxygen atoms in total. The number of carbonyl (C=O) groups is 1.